The summed E-state index contributed by atoms with van der Waals surface area (Å²) in [6, 6.07) is 0. The molecule has 0 amide bonds. The standard InChI is InChI=1S/C10H24N2O3S/c1-9(7-15-4)6-11-8-10(2,3)12-16(5,13)14/h9,11-12H,6-8H2,1-5H3. The summed E-state index contributed by atoms with van der Waals surface area (Å²) in [5.41, 5.74) is -0.472. The Kier molecular flexibility index (Phi) is 6.47. The smallest absolute Gasteiger partial charge is 0.209 e. The quantitative estimate of drug-likeness (QED) is 0.647. The highest BCUT2D eigenvalue weighted by molar-refractivity contribution is 7.88. The molecule has 16 heavy (non-hydrogen) atoms. The fourth-order valence-corrected chi connectivity index (χ4v) is 2.59. The highest BCUT2D eigenvalue weighted by Crippen LogP contribution is 2.02. The minimum absolute atomic E-state index is 0.416. The van der Waals surface area contributed by atoms with Gasteiger partial charge in [0.15, 0.2) is 0 Å². The van der Waals surface area contributed by atoms with Crippen molar-refractivity contribution in [2.24, 2.45) is 5.92 Å². The van der Waals surface area contributed by atoms with Crippen LogP contribution in [0, 0.1) is 5.92 Å². The molecule has 0 aromatic heterocycles. The molecule has 0 aliphatic heterocycles. The molecule has 0 aliphatic carbocycles. The molecule has 0 aromatic rings. The van der Waals surface area contributed by atoms with E-state index in [9.17, 15) is 8.42 Å². The molecule has 5 nitrogen and oxygen atoms in total. The van der Waals surface area contributed by atoms with Crippen LogP contribution in [0.4, 0.5) is 0 Å². The summed E-state index contributed by atoms with van der Waals surface area (Å²) < 4.78 is 29.8. The predicted molar refractivity (Wildman–Crippen MR) is 66.0 cm³/mol. The summed E-state index contributed by atoms with van der Waals surface area (Å²) in [5.74, 6) is 0.416. The van der Waals surface area contributed by atoms with Crippen LogP contribution in [-0.2, 0) is 14.8 Å². The van der Waals surface area contributed by atoms with E-state index in [2.05, 4.69) is 17.0 Å². The summed E-state index contributed by atoms with van der Waals surface area (Å²) in [5, 5.41) is 3.23. The summed E-state index contributed by atoms with van der Waals surface area (Å²) in [6.45, 7) is 7.88. The maximum absolute atomic E-state index is 11.1. The zero-order chi connectivity index (χ0) is 12.8. The molecule has 2 N–H and O–H groups in total. The van der Waals surface area contributed by atoms with E-state index >= 15 is 0 Å². The molecule has 0 heterocycles. The van der Waals surface area contributed by atoms with Crippen molar-refractivity contribution in [3.8, 4) is 0 Å². The largest absolute Gasteiger partial charge is 0.384 e. The summed E-state index contributed by atoms with van der Waals surface area (Å²) >= 11 is 0. The molecule has 1 unspecified atom stereocenters. The molecular weight excluding hydrogens is 228 g/mol. The van der Waals surface area contributed by atoms with Crippen LogP contribution in [0.5, 0.6) is 0 Å². The Bertz CT molecular complexity index is 288. The van der Waals surface area contributed by atoms with Gasteiger partial charge in [-0.05, 0) is 26.3 Å². The fraction of sp³-hybridized carbons (Fsp3) is 1.00. The Balaban J connectivity index is 3.91. The van der Waals surface area contributed by atoms with Crippen molar-refractivity contribution in [1.82, 2.24) is 10.0 Å². The van der Waals surface area contributed by atoms with Crippen LogP contribution in [0.3, 0.4) is 0 Å². The van der Waals surface area contributed by atoms with Gasteiger partial charge in [-0.3, -0.25) is 0 Å². The fourth-order valence-electron chi connectivity index (χ4n) is 1.51. The first-order valence-electron chi connectivity index (χ1n) is 5.35. The van der Waals surface area contributed by atoms with Crippen molar-refractivity contribution in [3.63, 3.8) is 0 Å². The maximum Gasteiger partial charge on any atom is 0.209 e. The lowest BCUT2D eigenvalue weighted by atomic mass is 10.1. The van der Waals surface area contributed by atoms with Gasteiger partial charge >= 0.3 is 0 Å². The van der Waals surface area contributed by atoms with Gasteiger partial charge in [-0.1, -0.05) is 6.92 Å². The average molecular weight is 252 g/mol. The molecule has 0 fully saturated rings. The first-order valence-corrected chi connectivity index (χ1v) is 7.24. The second kappa shape index (κ2) is 6.54. The van der Waals surface area contributed by atoms with Crippen molar-refractivity contribution < 1.29 is 13.2 Å². The van der Waals surface area contributed by atoms with Gasteiger partial charge in [-0.2, -0.15) is 0 Å². The van der Waals surface area contributed by atoms with Crippen molar-refractivity contribution in [2.75, 3.05) is 33.1 Å². The van der Waals surface area contributed by atoms with Gasteiger partial charge in [0, 0.05) is 25.8 Å². The zero-order valence-electron chi connectivity index (χ0n) is 10.8. The molecule has 0 aliphatic rings. The van der Waals surface area contributed by atoms with Crippen LogP contribution in [0.25, 0.3) is 0 Å². The SMILES string of the molecule is COCC(C)CNCC(C)(C)NS(C)(=O)=O. The lowest BCUT2D eigenvalue weighted by Gasteiger charge is -2.26. The number of sulfonamides is 1. The summed E-state index contributed by atoms with van der Waals surface area (Å²) in [6.07, 6.45) is 1.17. The minimum atomic E-state index is -3.16. The Labute approximate surface area is 99.0 Å². The normalized spacial score (nSPS) is 15.1. The second-order valence-electron chi connectivity index (χ2n) is 4.95. The van der Waals surface area contributed by atoms with E-state index in [1.165, 1.54) is 6.26 Å². The highest BCUT2D eigenvalue weighted by Gasteiger charge is 2.21. The van der Waals surface area contributed by atoms with Crippen LogP contribution < -0.4 is 10.0 Å². The first-order chi connectivity index (χ1) is 7.16. The molecule has 0 aromatic carbocycles. The van der Waals surface area contributed by atoms with Crippen LogP contribution >= 0.6 is 0 Å². The number of rotatable bonds is 8. The van der Waals surface area contributed by atoms with Gasteiger partial charge < -0.3 is 10.1 Å². The van der Waals surface area contributed by atoms with Gasteiger partial charge in [-0.15, -0.1) is 0 Å². The molecular formula is C10H24N2O3S. The van der Waals surface area contributed by atoms with Crippen molar-refractivity contribution in [2.45, 2.75) is 26.3 Å². The Morgan fingerprint density at radius 2 is 1.94 bits per heavy atom. The summed E-state index contributed by atoms with van der Waals surface area (Å²) in [4.78, 5) is 0. The van der Waals surface area contributed by atoms with E-state index in [0.717, 1.165) is 6.54 Å². The minimum Gasteiger partial charge on any atom is -0.384 e. The molecule has 0 radical (unpaired) electrons. The van der Waals surface area contributed by atoms with Crippen molar-refractivity contribution in [3.05, 3.63) is 0 Å². The third-order valence-corrected chi connectivity index (χ3v) is 2.90. The number of hydrogen-bond acceptors (Lipinski definition) is 4. The van der Waals surface area contributed by atoms with E-state index in [0.29, 0.717) is 19.1 Å². The average Bonchev–Trinajstić information content (AvgIpc) is 1.98. The van der Waals surface area contributed by atoms with E-state index in [4.69, 9.17) is 4.74 Å². The summed E-state index contributed by atoms with van der Waals surface area (Å²) in [7, 11) is -1.49. The molecule has 0 saturated carbocycles. The van der Waals surface area contributed by atoms with Gasteiger partial charge in [0.05, 0.1) is 6.26 Å². The molecule has 98 valence electrons. The van der Waals surface area contributed by atoms with Gasteiger partial charge in [0.1, 0.15) is 0 Å². The molecule has 6 heteroatoms. The number of methoxy groups -OCH3 is 1. The second-order valence-corrected chi connectivity index (χ2v) is 6.70. The van der Waals surface area contributed by atoms with Gasteiger partial charge in [-0.25, -0.2) is 13.1 Å². The third-order valence-electron chi connectivity index (χ3n) is 1.97. The maximum atomic E-state index is 11.1. The molecule has 0 bridgehead atoms. The number of nitrogens with one attached hydrogen (secondary N) is 2. The van der Waals surface area contributed by atoms with Gasteiger partial charge in [0.2, 0.25) is 10.0 Å². The molecule has 1 atom stereocenters. The van der Waals surface area contributed by atoms with E-state index < -0.39 is 15.6 Å². The predicted octanol–water partition coefficient (Wildman–Crippen LogP) is 0.186. The van der Waals surface area contributed by atoms with Crippen LogP contribution in [-0.4, -0.2) is 47.0 Å². The van der Waals surface area contributed by atoms with Crippen molar-refractivity contribution >= 4 is 10.0 Å². The van der Waals surface area contributed by atoms with E-state index in [-0.39, 0.29) is 0 Å². The lowest BCUT2D eigenvalue weighted by molar-refractivity contribution is 0.157. The van der Waals surface area contributed by atoms with Crippen LogP contribution in [0.15, 0.2) is 0 Å². The van der Waals surface area contributed by atoms with Gasteiger partial charge in [0.25, 0.3) is 0 Å². The lowest BCUT2D eigenvalue weighted by Crippen LogP contribution is -2.50. The topological polar surface area (TPSA) is 67.4 Å². The van der Waals surface area contributed by atoms with E-state index in [1.54, 1.807) is 7.11 Å². The van der Waals surface area contributed by atoms with Crippen LogP contribution in [0.2, 0.25) is 0 Å². The first kappa shape index (κ1) is 15.8. The molecule has 0 spiro atoms. The monoisotopic (exact) mass is 252 g/mol. The Morgan fingerprint density at radius 1 is 1.38 bits per heavy atom. The van der Waals surface area contributed by atoms with Crippen LogP contribution in [0.1, 0.15) is 20.8 Å². The third kappa shape index (κ3) is 9.08. The Morgan fingerprint density at radius 3 is 2.38 bits per heavy atom. The number of hydrogen-bond donors (Lipinski definition) is 2. The zero-order valence-corrected chi connectivity index (χ0v) is 11.6. The number of ether oxygens (including phenoxy) is 1. The molecule has 0 saturated heterocycles. The van der Waals surface area contributed by atoms with Crippen molar-refractivity contribution in [1.29, 1.82) is 0 Å². The highest BCUT2D eigenvalue weighted by atomic mass is 32.2. The van der Waals surface area contributed by atoms with E-state index in [1.807, 2.05) is 13.8 Å². The Hall–Kier alpha value is -0.170. The molecule has 0 rings (SSSR count).